The molecule has 0 radical (unpaired) electrons. The van der Waals surface area contributed by atoms with Crippen LogP contribution in [0.4, 0.5) is 0 Å². The van der Waals surface area contributed by atoms with Gasteiger partial charge in [0.2, 0.25) is 0 Å². The fraction of sp³-hybridized carbons (Fsp3) is 0.333. The van der Waals surface area contributed by atoms with E-state index in [1.54, 1.807) is 13.2 Å². The number of carbonyl (C=O) groups is 1. The number of amides is 1. The van der Waals surface area contributed by atoms with E-state index >= 15 is 0 Å². The second kappa shape index (κ2) is 8.03. The minimum Gasteiger partial charge on any atom is -0.496 e. The molecule has 0 spiro atoms. The van der Waals surface area contributed by atoms with Crippen LogP contribution >= 0.6 is 11.6 Å². The summed E-state index contributed by atoms with van der Waals surface area (Å²) in [7, 11) is 1.61. The Bertz CT molecular complexity index is 1070. The average Bonchev–Trinajstić information content (AvgIpc) is 2.67. The van der Waals surface area contributed by atoms with Gasteiger partial charge in [-0.15, -0.1) is 0 Å². The zero-order chi connectivity index (χ0) is 21.3. The molecule has 3 rings (SSSR count). The van der Waals surface area contributed by atoms with E-state index in [4.69, 9.17) is 21.3 Å². The number of nitrogens with one attached hydrogen (secondary N) is 1. The van der Waals surface area contributed by atoms with Gasteiger partial charge in [0, 0.05) is 21.5 Å². The van der Waals surface area contributed by atoms with Crippen LogP contribution in [0.2, 0.25) is 5.02 Å². The third-order valence-electron chi connectivity index (χ3n) is 5.06. The highest BCUT2D eigenvalue weighted by Crippen LogP contribution is 2.31. The molecule has 0 aliphatic carbocycles. The van der Waals surface area contributed by atoms with Crippen LogP contribution in [0, 0.1) is 6.92 Å². The minimum atomic E-state index is -0.263. The lowest BCUT2D eigenvalue weighted by Crippen LogP contribution is -2.27. The van der Waals surface area contributed by atoms with Gasteiger partial charge in [0.25, 0.3) is 5.91 Å². The maximum atomic E-state index is 13.1. The summed E-state index contributed by atoms with van der Waals surface area (Å²) in [6.45, 7) is 10.2. The van der Waals surface area contributed by atoms with Crippen molar-refractivity contribution in [2.45, 2.75) is 46.1 Å². The normalized spacial score (nSPS) is 12.7. The molecule has 0 bridgehead atoms. The molecule has 29 heavy (non-hydrogen) atoms. The van der Waals surface area contributed by atoms with E-state index in [0.717, 1.165) is 28.0 Å². The number of aryl methyl sites for hydroxylation is 1. The quantitative estimate of drug-likeness (QED) is 0.574. The van der Waals surface area contributed by atoms with Crippen molar-refractivity contribution in [2.24, 2.45) is 0 Å². The second-order valence-corrected chi connectivity index (χ2v) is 8.77. The molecule has 1 aromatic heterocycles. The van der Waals surface area contributed by atoms with Crippen molar-refractivity contribution in [2.75, 3.05) is 7.11 Å². The van der Waals surface area contributed by atoms with Crippen LogP contribution in [0.3, 0.4) is 0 Å². The third kappa shape index (κ3) is 4.38. The van der Waals surface area contributed by atoms with E-state index < -0.39 is 0 Å². The number of para-hydroxylation sites is 1. The van der Waals surface area contributed by atoms with E-state index in [-0.39, 0.29) is 17.4 Å². The Labute approximate surface area is 177 Å². The molecule has 5 heteroatoms. The van der Waals surface area contributed by atoms with E-state index in [9.17, 15) is 4.79 Å². The summed E-state index contributed by atoms with van der Waals surface area (Å²) in [5.74, 6) is 0.552. The summed E-state index contributed by atoms with van der Waals surface area (Å²) in [4.78, 5) is 17.9. The predicted octanol–water partition coefficient (Wildman–Crippen LogP) is 5.99. The highest BCUT2D eigenvalue weighted by atomic mass is 35.5. The molecule has 0 fully saturated rings. The van der Waals surface area contributed by atoms with Crippen molar-refractivity contribution in [3.05, 3.63) is 69.9 Å². The molecule has 0 saturated carbocycles. The lowest BCUT2D eigenvalue weighted by Gasteiger charge is -2.20. The van der Waals surface area contributed by atoms with Crippen molar-refractivity contribution in [3.63, 3.8) is 0 Å². The summed E-state index contributed by atoms with van der Waals surface area (Å²) >= 11 is 6.43. The number of fused-ring (bicyclic) bond motifs is 1. The summed E-state index contributed by atoms with van der Waals surface area (Å²) in [6.07, 6.45) is 0. The Balaban J connectivity index is 1.95. The molecule has 2 aromatic carbocycles. The molecule has 0 unspecified atom stereocenters. The van der Waals surface area contributed by atoms with Gasteiger partial charge in [-0.1, -0.05) is 50.6 Å². The van der Waals surface area contributed by atoms with Crippen molar-refractivity contribution in [1.29, 1.82) is 0 Å². The Morgan fingerprint density at radius 3 is 2.55 bits per heavy atom. The first-order chi connectivity index (χ1) is 13.6. The molecule has 0 aliphatic rings. The SMILES string of the molecule is COc1cc(Cl)c([C@H](C)NC(=O)c2cccc3ccc(C(C)(C)C)nc23)cc1C. The van der Waals surface area contributed by atoms with Crippen molar-refractivity contribution < 1.29 is 9.53 Å². The molecule has 4 nitrogen and oxygen atoms in total. The van der Waals surface area contributed by atoms with E-state index in [1.807, 2.05) is 50.2 Å². The number of carbonyl (C=O) groups excluding carboxylic acids is 1. The Morgan fingerprint density at radius 2 is 1.90 bits per heavy atom. The summed E-state index contributed by atoms with van der Waals surface area (Å²) < 4.78 is 5.32. The number of pyridine rings is 1. The number of hydrogen-bond donors (Lipinski definition) is 1. The smallest absolute Gasteiger partial charge is 0.253 e. The Morgan fingerprint density at radius 1 is 1.17 bits per heavy atom. The van der Waals surface area contributed by atoms with Crippen LogP contribution in [0.1, 0.15) is 60.9 Å². The molecule has 1 amide bonds. The van der Waals surface area contributed by atoms with Crippen molar-refractivity contribution in [3.8, 4) is 5.75 Å². The molecular weight excluding hydrogens is 384 g/mol. The minimum absolute atomic E-state index is 0.0980. The first-order valence-corrected chi connectivity index (χ1v) is 10.0. The Hall–Kier alpha value is -2.59. The summed E-state index contributed by atoms with van der Waals surface area (Å²) in [6, 6.07) is 13.2. The highest BCUT2D eigenvalue weighted by molar-refractivity contribution is 6.31. The molecule has 0 aliphatic heterocycles. The Kier molecular flexibility index (Phi) is 5.85. The van der Waals surface area contributed by atoms with Crippen LogP contribution in [0.15, 0.2) is 42.5 Å². The molecular formula is C24H27ClN2O2. The van der Waals surface area contributed by atoms with Gasteiger partial charge in [-0.25, -0.2) is 0 Å². The molecule has 0 saturated heterocycles. The number of hydrogen-bond acceptors (Lipinski definition) is 3. The van der Waals surface area contributed by atoms with Gasteiger partial charge >= 0.3 is 0 Å². The second-order valence-electron chi connectivity index (χ2n) is 8.36. The maximum absolute atomic E-state index is 13.1. The molecule has 1 N–H and O–H groups in total. The van der Waals surface area contributed by atoms with E-state index in [2.05, 4.69) is 26.1 Å². The monoisotopic (exact) mass is 410 g/mol. The van der Waals surface area contributed by atoms with Crippen molar-refractivity contribution in [1.82, 2.24) is 10.3 Å². The van der Waals surface area contributed by atoms with Gasteiger partial charge in [0.1, 0.15) is 5.75 Å². The van der Waals surface area contributed by atoms with E-state index in [1.165, 1.54) is 0 Å². The van der Waals surface area contributed by atoms with Gasteiger partial charge in [0.15, 0.2) is 0 Å². The van der Waals surface area contributed by atoms with Crippen LogP contribution in [0.25, 0.3) is 10.9 Å². The standard InChI is InChI=1S/C24H27ClN2O2/c1-14-12-18(19(25)13-20(14)29-6)15(2)26-23(28)17-9-7-8-16-10-11-21(24(3,4)5)27-22(16)17/h7-13,15H,1-6H3,(H,26,28)/t15-/m0/s1. The van der Waals surface area contributed by atoms with Gasteiger partial charge in [-0.2, -0.15) is 0 Å². The molecule has 1 heterocycles. The summed E-state index contributed by atoms with van der Waals surface area (Å²) in [5.41, 5.74) is 3.94. The largest absolute Gasteiger partial charge is 0.496 e. The number of aromatic nitrogens is 1. The predicted molar refractivity (Wildman–Crippen MR) is 119 cm³/mol. The molecule has 152 valence electrons. The average molecular weight is 411 g/mol. The number of ether oxygens (including phenoxy) is 1. The lowest BCUT2D eigenvalue weighted by atomic mass is 9.91. The van der Waals surface area contributed by atoms with Crippen LogP contribution in [0.5, 0.6) is 5.75 Å². The zero-order valence-electron chi connectivity index (χ0n) is 17.8. The zero-order valence-corrected chi connectivity index (χ0v) is 18.5. The van der Waals surface area contributed by atoms with Gasteiger partial charge in [-0.3, -0.25) is 9.78 Å². The topological polar surface area (TPSA) is 51.2 Å². The number of rotatable bonds is 4. The third-order valence-corrected chi connectivity index (χ3v) is 5.39. The first-order valence-electron chi connectivity index (χ1n) is 9.67. The number of halogens is 1. The fourth-order valence-corrected chi connectivity index (χ4v) is 3.65. The fourth-order valence-electron chi connectivity index (χ4n) is 3.34. The molecule has 1 atom stereocenters. The van der Waals surface area contributed by atoms with Crippen molar-refractivity contribution >= 4 is 28.4 Å². The number of methoxy groups -OCH3 is 1. The van der Waals surface area contributed by atoms with E-state index in [0.29, 0.717) is 16.1 Å². The number of nitrogens with zero attached hydrogens (tertiary/aromatic N) is 1. The number of benzene rings is 2. The highest BCUT2D eigenvalue weighted by Gasteiger charge is 2.20. The lowest BCUT2D eigenvalue weighted by molar-refractivity contribution is 0.0941. The first kappa shape index (κ1) is 21.1. The van der Waals surface area contributed by atoms with Crippen LogP contribution < -0.4 is 10.1 Å². The maximum Gasteiger partial charge on any atom is 0.253 e. The molecule has 3 aromatic rings. The van der Waals surface area contributed by atoms with Crippen LogP contribution in [-0.2, 0) is 5.41 Å². The van der Waals surface area contributed by atoms with Crippen LogP contribution in [-0.4, -0.2) is 18.0 Å². The summed E-state index contributed by atoms with van der Waals surface area (Å²) in [5, 5.41) is 4.57. The van der Waals surface area contributed by atoms with Gasteiger partial charge in [0.05, 0.1) is 24.2 Å². The van der Waals surface area contributed by atoms with Gasteiger partial charge < -0.3 is 10.1 Å². The van der Waals surface area contributed by atoms with Gasteiger partial charge in [-0.05, 0) is 49.2 Å².